The van der Waals surface area contributed by atoms with Crippen molar-refractivity contribution in [2.45, 2.75) is 6.92 Å². The van der Waals surface area contributed by atoms with Crippen LogP contribution in [0.4, 0.5) is 0 Å². The predicted molar refractivity (Wildman–Crippen MR) is 34.8 cm³/mol. The van der Waals surface area contributed by atoms with Crippen molar-refractivity contribution in [3.63, 3.8) is 0 Å². The van der Waals surface area contributed by atoms with E-state index in [0.29, 0.717) is 5.69 Å². The van der Waals surface area contributed by atoms with E-state index in [1.54, 1.807) is 6.92 Å². The van der Waals surface area contributed by atoms with Crippen LogP contribution in [0.25, 0.3) is 0 Å². The number of aromatic carboxylic acids is 1. The van der Waals surface area contributed by atoms with E-state index in [0.717, 1.165) is 0 Å². The number of hydrogen-bond acceptors (Lipinski definition) is 2. The zero-order chi connectivity index (χ0) is 7.56. The van der Waals surface area contributed by atoms with E-state index < -0.39 is 5.97 Å². The Morgan fingerprint density at radius 2 is 2.50 bits per heavy atom. The lowest BCUT2D eigenvalue weighted by Crippen LogP contribution is -2.00. The molecule has 1 rings (SSSR count). The largest absolute Gasteiger partial charge is 0.478 e. The third-order valence-corrected chi connectivity index (χ3v) is 1.15. The molecule has 0 saturated heterocycles. The minimum atomic E-state index is -0.981. The monoisotopic (exact) mass is 136 g/mol. The summed E-state index contributed by atoms with van der Waals surface area (Å²) in [5.41, 5.74) is 0.637. The minimum absolute atomic E-state index is 0.141. The number of pyridine rings is 1. The Labute approximate surface area is 58.3 Å². The molecule has 0 aliphatic rings. The number of rotatable bonds is 1. The molecule has 0 aliphatic heterocycles. The molecule has 1 aromatic heterocycles. The summed E-state index contributed by atoms with van der Waals surface area (Å²) in [7, 11) is 0. The second-order valence-corrected chi connectivity index (χ2v) is 1.85. The van der Waals surface area contributed by atoms with E-state index in [9.17, 15) is 4.79 Å². The molecule has 10 heavy (non-hydrogen) atoms. The Bertz CT molecular complexity index is 258. The molecule has 1 radical (unpaired) electrons. The Hall–Kier alpha value is -1.38. The summed E-state index contributed by atoms with van der Waals surface area (Å²) in [5, 5.41) is 8.49. The van der Waals surface area contributed by atoms with Gasteiger partial charge in [-0.05, 0) is 13.0 Å². The van der Waals surface area contributed by atoms with Gasteiger partial charge in [-0.25, -0.2) is 4.79 Å². The molecule has 0 unspecified atom stereocenters. The van der Waals surface area contributed by atoms with Gasteiger partial charge in [0.15, 0.2) is 0 Å². The Morgan fingerprint density at radius 3 is 2.90 bits per heavy atom. The molecule has 3 heteroatoms. The summed E-state index contributed by atoms with van der Waals surface area (Å²) in [4.78, 5) is 14.1. The highest BCUT2D eigenvalue weighted by Crippen LogP contribution is 2.00. The van der Waals surface area contributed by atoms with E-state index >= 15 is 0 Å². The number of carboxylic acids is 1. The van der Waals surface area contributed by atoms with Gasteiger partial charge in [0.05, 0.1) is 11.3 Å². The molecule has 1 heterocycles. The number of carbonyl (C=O) groups is 1. The van der Waals surface area contributed by atoms with Crippen LogP contribution in [0.5, 0.6) is 0 Å². The zero-order valence-electron chi connectivity index (χ0n) is 5.46. The van der Waals surface area contributed by atoms with Crippen LogP contribution in [0.15, 0.2) is 12.3 Å². The highest BCUT2D eigenvalue weighted by Gasteiger charge is 2.05. The lowest BCUT2D eigenvalue weighted by atomic mass is 10.2. The molecule has 0 amide bonds. The Morgan fingerprint density at radius 1 is 1.80 bits per heavy atom. The maximum absolute atomic E-state index is 10.4. The topological polar surface area (TPSA) is 50.2 Å². The van der Waals surface area contributed by atoms with Crippen molar-refractivity contribution in [3.05, 3.63) is 29.6 Å². The first kappa shape index (κ1) is 6.74. The molecular formula is C7H6NO2. The fourth-order valence-corrected chi connectivity index (χ4v) is 0.655. The van der Waals surface area contributed by atoms with Gasteiger partial charge >= 0.3 is 5.97 Å². The molecule has 0 spiro atoms. The van der Waals surface area contributed by atoms with Crippen LogP contribution in [0.2, 0.25) is 0 Å². The molecule has 1 aromatic rings. The first-order valence-corrected chi connectivity index (χ1v) is 2.78. The number of carboxylic acid groups (broad SMARTS) is 1. The summed E-state index contributed by atoms with van der Waals surface area (Å²) in [6.07, 6.45) is 1.52. The van der Waals surface area contributed by atoms with Crippen LogP contribution in [0.3, 0.4) is 0 Å². The third-order valence-electron chi connectivity index (χ3n) is 1.15. The maximum Gasteiger partial charge on any atom is 0.338 e. The third kappa shape index (κ3) is 1.13. The average molecular weight is 136 g/mol. The van der Waals surface area contributed by atoms with Crippen molar-refractivity contribution in [2.75, 3.05) is 0 Å². The minimum Gasteiger partial charge on any atom is -0.478 e. The van der Waals surface area contributed by atoms with Crippen molar-refractivity contribution in [1.82, 2.24) is 4.98 Å². The summed E-state index contributed by atoms with van der Waals surface area (Å²) in [5.74, 6) is -0.981. The number of aryl methyl sites for hydroxylation is 1. The van der Waals surface area contributed by atoms with Crippen LogP contribution in [0, 0.1) is 13.0 Å². The molecule has 51 valence electrons. The SMILES string of the molecule is Cc1ncc[c]c1C(=O)O. The standard InChI is InChI=1S/C7H6NO2/c1-5-6(7(9)10)3-2-4-8-5/h2,4H,1H3,(H,9,10). The molecule has 0 aromatic carbocycles. The molecular weight excluding hydrogens is 130 g/mol. The average Bonchev–Trinajstić information content (AvgIpc) is 1.88. The molecule has 0 aliphatic carbocycles. The first-order chi connectivity index (χ1) is 4.72. The van der Waals surface area contributed by atoms with Gasteiger partial charge in [0.1, 0.15) is 0 Å². The molecule has 0 saturated carbocycles. The highest BCUT2D eigenvalue weighted by atomic mass is 16.4. The number of hydrogen-bond donors (Lipinski definition) is 1. The molecule has 1 N–H and O–H groups in total. The first-order valence-electron chi connectivity index (χ1n) is 2.78. The number of aromatic nitrogens is 1. The van der Waals surface area contributed by atoms with Crippen LogP contribution < -0.4 is 0 Å². The van der Waals surface area contributed by atoms with E-state index in [1.165, 1.54) is 12.3 Å². The van der Waals surface area contributed by atoms with Crippen molar-refractivity contribution < 1.29 is 9.90 Å². The molecule has 3 nitrogen and oxygen atoms in total. The van der Waals surface area contributed by atoms with Crippen LogP contribution in [-0.2, 0) is 0 Å². The normalized spacial score (nSPS) is 9.30. The second-order valence-electron chi connectivity index (χ2n) is 1.85. The van der Waals surface area contributed by atoms with Crippen molar-refractivity contribution in [3.8, 4) is 0 Å². The van der Waals surface area contributed by atoms with E-state index in [1.807, 2.05) is 0 Å². The maximum atomic E-state index is 10.4. The fraction of sp³-hybridized carbons (Fsp3) is 0.143. The fourth-order valence-electron chi connectivity index (χ4n) is 0.655. The highest BCUT2D eigenvalue weighted by molar-refractivity contribution is 5.88. The van der Waals surface area contributed by atoms with Gasteiger partial charge < -0.3 is 5.11 Å². The predicted octanol–water partition coefficient (Wildman–Crippen LogP) is 0.888. The van der Waals surface area contributed by atoms with Gasteiger partial charge in [-0.15, -0.1) is 0 Å². The van der Waals surface area contributed by atoms with Crippen molar-refractivity contribution >= 4 is 5.97 Å². The zero-order valence-corrected chi connectivity index (χ0v) is 5.46. The smallest absolute Gasteiger partial charge is 0.338 e. The number of nitrogens with zero attached hydrogens (tertiary/aromatic N) is 1. The lowest BCUT2D eigenvalue weighted by molar-refractivity contribution is 0.0695. The van der Waals surface area contributed by atoms with Crippen molar-refractivity contribution in [1.29, 1.82) is 0 Å². The summed E-state index contributed by atoms with van der Waals surface area (Å²) < 4.78 is 0. The van der Waals surface area contributed by atoms with E-state index in [2.05, 4.69) is 11.1 Å². The second kappa shape index (κ2) is 2.47. The van der Waals surface area contributed by atoms with Crippen LogP contribution in [-0.4, -0.2) is 16.1 Å². The Balaban J connectivity index is 3.15. The van der Waals surface area contributed by atoms with Crippen LogP contribution >= 0.6 is 0 Å². The van der Waals surface area contributed by atoms with E-state index in [4.69, 9.17) is 5.11 Å². The van der Waals surface area contributed by atoms with Gasteiger partial charge in [0.2, 0.25) is 0 Å². The Kier molecular flexibility index (Phi) is 1.67. The quantitative estimate of drug-likeness (QED) is 0.623. The van der Waals surface area contributed by atoms with Gasteiger partial charge in [0, 0.05) is 12.3 Å². The molecule has 0 bridgehead atoms. The van der Waals surface area contributed by atoms with Gasteiger partial charge in [-0.2, -0.15) is 0 Å². The van der Waals surface area contributed by atoms with Crippen molar-refractivity contribution in [2.24, 2.45) is 0 Å². The molecule has 0 atom stereocenters. The van der Waals surface area contributed by atoms with Crippen LogP contribution in [0.1, 0.15) is 16.1 Å². The summed E-state index contributed by atoms with van der Waals surface area (Å²) in [6.45, 7) is 1.64. The lowest BCUT2D eigenvalue weighted by Gasteiger charge is -1.94. The van der Waals surface area contributed by atoms with Gasteiger partial charge in [-0.3, -0.25) is 4.98 Å². The summed E-state index contributed by atoms with van der Waals surface area (Å²) in [6, 6.07) is 4.06. The molecule has 0 fully saturated rings. The van der Waals surface area contributed by atoms with Gasteiger partial charge in [0.25, 0.3) is 0 Å². The van der Waals surface area contributed by atoms with E-state index in [-0.39, 0.29) is 5.56 Å². The summed E-state index contributed by atoms with van der Waals surface area (Å²) >= 11 is 0. The van der Waals surface area contributed by atoms with Gasteiger partial charge in [-0.1, -0.05) is 0 Å².